The van der Waals surface area contributed by atoms with Gasteiger partial charge in [-0.2, -0.15) is 4.98 Å². The Morgan fingerprint density at radius 1 is 1.18 bits per heavy atom. The number of rotatable bonds is 4. The van der Waals surface area contributed by atoms with Crippen LogP contribution in [0.5, 0.6) is 0 Å². The lowest BCUT2D eigenvalue weighted by molar-refractivity contribution is 0.143. The highest BCUT2D eigenvalue weighted by atomic mass is 16.5. The maximum absolute atomic E-state index is 5.31. The number of hydrogen-bond acceptors (Lipinski definition) is 7. The first kappa shape index (κ1) is 13.8. The zero-order chi connectivity index (χ0) is 15.1. The summed E-state index contributed by atoms with van der Waals surface area (Å²) in [6.07, 6.45) is 4.47. The molecular weight excluding hydrogens is 282 g/mol. The molecule has 0 aromatic carbocycles. The molecule has 2 fully saturated rings. The minimum Gasteiger partial charge on any atom is -0.339 e. The van der Waals surface area contributed by atoms with Crippen LogP contribution in [0, 0.1) is 6.92 Å². The van der Waals surface area contributed by atoms with Gasteiger partial charge in [0.25, 0.3) is 0 Å². The van der Waals surface area contributed by atoms with Gasteiger partial charge in [-0.05, 0) is 63.0 Å². The lowest BCUT2D eigenvalue weighted by Gasteiger charge is -2.34. The minimum atomic E-state index is 0.251. The number of hydrogen-bond donors (Lipinski definition) is 0. The summed E-state index contributed by atoms with van der Waals surface area (Å²) in [4.78, 5) is 6.82. The Balaban J connectivity index is 1.41. The van der Waals surface area contributed by atoms with Crippen LogP contribution in [0.15, 0.2) is 4.52 Å². The van der Waals surface area contributed by atoms with E-state index in [-0.39, 0.29) is 6.04 Å². The van der Waals surface area contributed by atoms with Crippen molar-refractivity contribution in [1.29, 1.82) is 0 Å². The molecule has 0 spiro atoms. The molecule has 0 N–H and O–H groups in total. The van der Waals surface area contributed by atoms with Gasteiger partial charge in [-0.1, -0.05) is 5.16 Å². The van der Waals surface area contributed by atoms with E-state index in [4.69, 9.17) is 4.52 Å². The predicted molar refractivity (Wildman–Crippen MR) is 77.1 cm³/mol. The zero-order valence-corrected chi connectivity index (χ0v) is 13.0. The average molecular weight is 303 g/mol. The molecule has 2 aromatic rings. The summed E-state index contributed by atoms with van der Waals surface area (Å²) < 4.78 is 7.33. The highest BCUT2D eigenvalue weighted by Crippen LogP contribution is 2.37. The summed E-state index contributed by atoms with van der Waals surface area (Å²) in [6.45, 7) is 6.07. The first-order chi connectivity index (χ1) is 10.7. The molecule has 3 heterocycles. The Labute approximate surface area is 128 Å². The van der Waals surface area contributed by atoms with Crippen molar-refractivity contribution in [3.05, 3.63) is 17.5 Å². The average Bonchev–Trinajstić information content (AvgIpc) is 3.10. The van der Waals surface area contributed by atoms with E-state index in [1.54, 1.807) is 0 Å². The van der Waals surface area contributed by atoms with Crippen molar-refractivity contribution in [2.75, 3.05) is 13.1 Å². The normalized spacial score (nSPS) is 22.1. The SMILES string of the molecule is Cc1noc(C2CCN(C(C)c3nnnn3C3CC3)CC2)n1. The third kappa shape index (κ3) is 2.51. The quantitative estimate of drug-likeness (QED) is 0.848. The summed E-state index contributed by atoms with van der Waals surface area (Å²) in [7, 11) is 0. The first-order valence-corrected chi connectivity index (χ1v) is 8.04. The number of piperidine rings is 1. The topological polar surface area (TPSA) is 85.8 Å². The van der Waals surface area contributed by atoms with Crippen molar-refractivity contribution < 1.29 is 4.52 Å². The Morgan fingerprint density at radius 2 is 1.95 bits per heavy atom. The maximum atomic E-state index is 5.31. The second-order valence-corrected chi connectivity index (χ2v) is 6.38. The van der Waals surface area contributed by atoms with Gasteiger partial charge >= 0.3 is 0 Å². The standard InChI is InChI=1S/C14H21N7O/c1-9(13-16-18-19-21(13)12-3-4-12)20-7-5-11(6-8-20)14-15-10(2)17-22-14/h9,11-12H,3-8H2,1-2H3. The molecule has 0 radical (unpaired) electrons. The molecule has 22 heavy (non-hydrogen) atoms. The van der Waals surface area contributed by atoms with Gasteiger partial charge < -0.3 is 4.52 Å². The monoisotopic (exact) mass is 303 g/mol. The molecule has 1 unspecified atom stereocenters. The van der Waals surface area contributed by atoms with E-state index in [2.05, 4.69) is 37.5 Å². The molecule has 0 bridgehead atoms. The van der Waals surface area contributed by atoms with E-state index >= 15 is 0 Å². The third-order valence-corrected chi connectivity index (χ3v) is 4.75. The molecule has 0 amide bonds. The number of likely N-dealkylation sites (tertiary alicyclic amines) is 1. The largest absolute Gasteiger partial charge is 0.339 e. The first-order valence-electron chi connectivity index (χ1n) is 8.04. The van der Waals surface area contributed by atoms with Crippen LogP contribution in [-0.2, 0) is 0 Å². The molecule has 1 atom stereocenters. The number of nitrogens with zero attached hydrogens (tertiary/aromatic N) is 7. The molecule has 1 aliphatic carbocycles. The van der Waals surface area contributed by atoms with Crippen molar-refractivity contribution in [2.24, 2.45) is 0 Å². The predicted octanol–water partition coefficient (Wildman–Crippen LogP) is 1.64. The summed E-state index contributed by atoms with van der Waals surface area (Å²) in [5.74, 6) is 2.88. The van der Waals surface area contributed by atoms with Gasteiger partial charge in [-0.25, -0.2) is 4.68 Å². The van der Waals surface area contributed by atoms with Crippen molar-refractivity contribution in [3.8, 4) is 0 Å². The van der Waals surface area contributed by atoms with E-state index in [9.17, 15) is 0 Å². The van der Waals surface area contributed by atoms with Crippen LogP contribution in [0.1, 0.15) is 68.1 Å². The van der Waals surface area contributed by atoms with Gasteiger partial charge in [0, 0.05) is 5.92 Å². The number of tetrazole rings is 1. The summed E-state index contributed by atoms with van der Waals surface area (Å²) in [5, 5.41) is 16.2. The van der Waals surface area contributed by atoms with Crippen molar-refractivity contribution in [1.82, 2.24) is 35.2 Å². The van der Waals surface area contributed by atoms with Gasteiger partial charge in [0.2, 0.25) is 5.89 Å². The lowest BCUT2D eigenvalue weighted by atomic mass is 9.95. The van der Waals surface area contributed by atoms with E-state index in [0.29, 0.717) is 12.0 Å². The van der Waals surface area contributed by atoms with E-state index in [0.717, 1.165) is 43.5 Å². The van der Waals surface area contributed by atoms with Crippen molar-refractivity contribution in [2.45, 2.75) is 57.5 Å². The van der Waals surface area contributed by atoms with E-state index in [1.165, 1.54) is 12.8 Å². The van der Waals surface area contributed by atoms with Gasteiger partial charge in [0.05, 0.1) is 12.1 Å². The van der Waals surface area contributed by atoms with Crippen LogP contribution in [0.3, 0.4) is 0 Å². The van der Waals surface area contributed by atoms with Crippen molar-refractivity contribution >= 4 is 0 Å². The van der Waals surface area contributed by atoms with Gasteiger partial charge in [0.1, 0.15) is 0 Å². The highest BCUT2D eigenvalue weighted by molar-refractivity contribution is 5.00. The summed E-state index contributed by atoms with van der Waals surface area (Å²) in [5.41, 5.74) is 0. The second kappa shape index (κ2) is 5.42. The third-order valence-electron chi connectivity index (χ3n) is 4.75. The van der Waals surface area contributed by atoms with Crippen LogP contribution in [0.4, 0.5) is 0 Å². The Hall–Kier alpha value is -1.83. The summed E-state index contributed by atoms with van der Waals surface area (Å²) >= 11 is 0. The molecule has 4 rings (SSSR count). The Bertz CT molecular complexity index is 639. The molecular formula is C14H21N7O. The molecule has 1 saturated carbocycles. The van der Waals surface area contributed by atoms with Crippen LogP contribution >= 0.6 is 0 Å². The van der Waals surface area contributed by atoms with Crippen LogP contribution in [0.25, 0.3) is 0 Å². The molecule has 8 nitrogen and oxygen atoms in total. The maximum Gasteiger partial charge on any atom is 0.229 e. The summed E-state index contributed by atoms with van der Waals surface area (Å²) in [6, 6.07) is 0.771. The molecule has 2 aliphatic rings. The second-order valence-electron chi connectivity index (χ2n) is 6.38. The van der Waals surface area contributed by atoms with Crippen LogP contribution in [0.2, 0.25) is 0 Å². The number of aromatic nitrogens is 6. The van der Waals surface area contributed by atoms with E-state index < -0.39 is 0 Å². The van der Waals surface area contributed by atoms with Crippen LogP contribution < -0.4 is 0 Å². The Kier molecular flexibility index (Phi) is 3.40. The lowest BCUT2D eigenvalue weighted by Crippen LogP contribution is -2.36. The van der Waals surface area contributed by atoms with Gasteiger partial charge in [-0.3, -0.25) is 4.90 Å². The highest BCUT2D eigenvalue weighted by Gasteiger charge is 2.33. The van der Waals surface area contributed by atoms with Crippen molar-refractivity contribution in [3.63, 3.8) is 0 Å². The molecule has 118 valence electrons. The number of aryl methyl sites for hydroxylation is 1. The van der Waals surface area contributed by atoms with E-state index in [1.807, 2.05) is 11.6 Å². The van der Waals surface area contributed by atoms with Gasteiger partial charge in [-0.15, -0.1) is 5.10 Å². The van der Waals surface area contributed by atoms with Crippen LogP contribution in [-0.4, -0.2) is 48.3 Å². The minimum absolute atomic E-state index is 0.251. The molecule has 8 heteroatoms. The Morgan fingerprint density at radius 3 is 2.59 bits per heavy atom. The fraction of sp³-hybridized carbons (Fsp3) is 0.786. The molecule has 1 saturated heterocycles. The fourth-order valence-corrected chi connectivity index (χ4v) is 3.23. The zero-order valence-electron chi connectivity index (χ0n) is 13.0. The molecule has 1 aliphatic heterocycles. The smallest absolute Gasteiger partial charge is 0.229 e. The fourth-order valence-electron chi connectivity index (χ4n) is 3.23. The van der Waals surface area contributed by atoms with Gasteiger partial charge in [0.15, 0.2) is 11.6 Å². The molecule has 2 aromatic heterocycles.